The van der Waals surface area contributed by atoms with Crippen LogP contribution in [-0.2, 0) is 14.8 Å². The fourth-order valence-corrected chi connectivity index (χ4v) is 4.85. The van der Waals surface area contributed by atoms with Gasteiger partial charge in [0.05, 0.1) is 11.4 Å². The zero-order valence-electron chi connectivity index (χ0n) is 15.0. The van der Waals surface area contributed by atoms with Crippen LogP contribution in [0, 0.1) is 20.8 Å². The minimum absolute atomic E-state index is 0.244. The topological polar surface area (TPSA) is 92.5 Å². The summed E-state index contributed by atoms with van der Waals surface area (Å²) in [6.07, 6.45) is 1.32. The van der Waals surface area contributed by atoms with Gasteiger partial charge in [0.25, 0.3) is 0 Å². The van der Waals surface area contributed by atoms with Crippen LogP contribution in [0.5, 0.6) is 0 Å². The predicted molar refractivity (Wildman–Crippen MR) is 94.8 cm³/mol. The molecule has 0 atom stereocenters. The van der Waals surface area contributed by atoms with Gasteiger partial charge >= 0.3 is 0 Å². The van der Waals surface area contributed by atoms with Crippen molar-refractivity contribution in [3.63, 3.8) is 0 Å². The summed E-state index contributed by atoms with van der Waals surface area (Å²) >= 11 is 0. The Balaban J connectivity index is 2.34. The first-order chi connectivity index (χ1) is 11.6. The van der Waals surface area contributed by atoms with Crippen molar-refractivity contribution in [1.82, 2.24) is 9.46 Å². The van der Waals surface area contributed by atoms with E-state index in [1.54, 1.807) is 27.7 Å². The minimum Gasteiger partial charge on any atom is -0.363 e. The van der Waals surface area contributed by atoms with E-state index in [9.17, 15) is 13.2 Å². The highest BCUT2D eigenvalue weighted by molar-refractivity contribution is 7.89. The predicted octanol–water partition coefficient (Wildman–Crippen LogP) is 2.64. The third kappa shape index (κ3) is 4.26. The summed E-state index contributed by atoms with van der Waals surface area (Å²) in [5.74, 6) is -0.234. The van der Waals surface area contributed by atoms with Crippen LogP contribution in [0.15, 0.2) is 33.9 Å². The molecule has 0 unspecified atom stereocenters. The molecule has 0 saturated heterocycles. The summed E-state index contributed by atoms with van der Waals surface area (Å²) in [7, 11) is -3.82. The van der Waals surface area contributed by atoms with Gasteiger partial charge in [-0.2, -0.15) is 4.31 Å². The summed E-state index contributed by atoms with van der Waals surface area (Å²) in [5, 5.41) is 6.11. The van der Waals surface area contributed by atoms with Gasteiger partial charge in [-0.25, -0.2) is 8.42 Å². The van der Waals surface area contributed by atoms with Gasteiger partial charge in [0.2, 0.25) is 15.9 Å². The Morgan fingerprint density at radius 1 is 1.24 bits per heavy atom. The Hall–Kier alpha value is -2.19. The Bertz CT molecular complexity index is 835. The van der Waals surface area contributed by atoms with Gasteiger partial charge in [0, 0.05) is 12.1 Å². The van der Waals surface area contributed by atoms with E-state index < -0.39 is 15.9 Å². The lowest BCUT2D eigenvalue weighted by molar-refractivity contribution is -0.116. The smallest absolute Gasteiger partial charge is 0.244 e. The number of nitrogens with zero attached hydrogens (tertiary/aromatic N) is 2. The molecule has 1 amide bonds. The summed E-state index contributed by atoms with van der Waals surface area (Å²) in [6.45, 7) is 8.61. The normalized spacial score (nSPS) is 12.0. The standard InChI is InChI=1S/C17H23N3O4S/c1-11(2)20(10-16(21)18-15-6-7-24-19-15)25(22,23)17-13(4)8-12(3)9-14(17)5/h6-9,11H,10H2,1-5H3,(H,18,19,21). The van der Waals surface area contributed by atoms with Gasteiger partial charge in [-0.15, -0.1) is 0 Å². The number of benzene rings is 1. The van der Waals surface area contributed by atoms with Gasteiger partial charge < -0.3 is 9.84 Å². The fraction of sp³-hybridized carbons (Fsp3) is 0.412. The number of anilines is 1. The molecule has 0 saturated carbocycles. The molecule has 0 aliphatic heterocycles. The van der Waals surface area contributed by atoms with E-state index in [0.29, 0.717) is 11.1 Å². The van der Waals surface area contributed by atoms with Crippen molar-refractivity contribution in [2.45, 2.75) is 45.6 Å². The highest BCUT2D eigenvalue weighted by Crippen LogP contribution is 2.26. The van der Waals surface area contributed by atoms with Crippen LogP contribution < -0.4 is 5.32 Å². The monoisotopic (exact) mass is 365 g/mol. The number of nitrogens with one attached hydrogen (secondary N) is 1. The SMILES string of the molecule is Cc1cc(C)c(S(=O)(=O)N(CC(=O)Nc2ccon2)C(C)C)c(C)c1. The van der Waals surface area contributed by atoms with Crippen molar-refractivity contribution in [2.24, 2.45) is 0 Å². The first kappa shape index (κ1) is 19.1. The van der Waals surface area contributed by atoms with E-state index in [-0.39, 0.29) is 23.3 Å². The molecule has 0 radical (unpaired) electrons. The van der Waals surface area contributed by atoms with Crippen molar-refractivity contribution in [2.75, 3.05) is 11.9 Å². The van der Waals surface area contributed by atoms with Crippen LogP contribution in [-0.4, -0.2) is 36.4 Å². The molecule has 0 bridgehead atoms. The number of carbonyl (C=O) groups is 1. The second kappa shape index (κ2) is 7.37. The average Bonchev–Trinajstić information content (AvgIpc) is 2.95. The maximum Gasteiger partial charge on any atom is 0.244 e. The lowest BCUT2D eigenvalue weighted by atomic mass is 10.1. The molecule has 0 spiro atoms. The molecule has 25 heavy (non-hydrogen) atoms. The van der Waals surface area contributed by atoms with Crippen LogP contribution >= 0.6 is 0 Å². The number of aromatic nitrogens is 1. The molecule has 0 aliphatic carbocycles. The summed E-state index contributed by atoms with van der Waals surface area (Å²) in [4.78, 5) is 12.5. The number of aryl methyl sites for hydroxylation is 3. The first-order valence-electron chi connectivity index (χ1n) is 7.93. The number of carbonyl (C=O) groups excluding carboxylic acids is 1. The van der Waals surface area contributed by atoms with Gasteiger partial charge in [-0.1, -0.05) is 22.9 Å². The number of hydrogen-bond acceptors (Lipinski definition) is 5. The zero-order valence-corrected chi connectivity index (χ0v) is 15.8. The Kier molecular flexibility index (Phi) is 5.64. The third-order valence-electron chi connectivity index (χ3n) is 3.75. The number of hydrogen-bond donors (Lipinski definition) is 1. The molecule has 1 aromatic heterocycles. The highest BCUT2D eigenvalue weighted by atomic mass is 32.2. The molecule has 0 aliphatic rings. The lowest BCUT2D eigenvalue weighted by Crippen LogP contribution is -2.42. The van der Waals surface area contributed by atoms with Gasteiger partial charge in [-0.3, -0.25) is 4.79 Å². The molecule has 2 aromatic rings. The molecule has 7 nitrogen and oxygen atoms in total. The van der Waals surface area contributed by atoms with Crippen molar-refractivity contribution in [1.29, 1.82) is 0 Å². The van der Waals surface area contributed by atoms with Crippen LogP contribution in [0.1, 0.15) is 30.5 Å². The van der Waals surface area contributed by atoms with Crippen LogP contribution in [0.3, 0.4) is 0 Å². The molecule has 1 N–H and O–H groups in total. The Morgan fingerprint density at radius 2 is 1.84 bits per heavy atom. The molecular weight excluding hydrogens is 342 g/mol. The zero-order chi connectivity index (χ0) is 18.8. The average molecular weight is 365 g/mol. The van der Waals surface area contributed by atoms with E-state index in [1.807, 2.05) is 19.1 Å². The first-order valence-corrected chi connectivity index (χ1v) is 9.37. The van der Waals surface area contributed by atoms with Crippen molar-refractivity contribution < 1.29 is 17.7 Å². The largest absolute Gasteiger partial charge is 0.363 e. The highest BCUT2D eigenvalue weighted by Gasteiger charge is 2.31. The van der Waals surface area contributed by atoms with E-state index in [1.165, 1.54) is 16.6 Å². The fourth-order valence-electron chi connectivity index (χ4n) is 2.84. The van der Waals surface area contributed by atoms with Crippen molar-refractivity contribution in [3.8, 4) is 0 Å². The van der Waals surface area contributed by atoms with Gasteiger partial charge in [0.15, 0.2) is 5.82 Å². The molecule has 1 heterocycles. The van der Waals surface area contributed by atoms with Crippen LogP contribution in [0.2, 0.25) is 0 Å². The van der Waals surface area contributed by atoms with E-state index in [0.717, 1.165) is 5.56 Å². The Labute approximate surface area is 148 Å². The molecule has 2 rings (SSSR count). The summed E-state index contributed by atoms with van der Waals surface area (Å²) in [5.41, 5.74) is 2.33. The lowest BCUT2D eigenvalue weighted by Gasteiger charge is -2.27. The molecule has 8 heteroatoms. The number of amides is 1. The number of sulfonamides is 1. The third-order valence-corrected chi connectivity index (χ3v) is 6.08. The quantitative estimate of drug-likeness (QED) is 0.849. The van der Waals surface area contributed by atoms with E-state index in [4.69, 9.17) is 0 Å². The van der Waals surface area contributed by atoms with Crippen LogP contribution in [0.4, 0.5) is 5.82 Å². The maximum atomic E-state index is 13.2. The molecule has 136 valence electrons. The number of rotatable bonds is 6. The molecule has 0 fully saturated rings. The van der Waals surface area contributed by atoms with E-state index >= 15 is 0 Å². The Morgan fingerprint density at radius 3 is 2.32 bits per heavy atom. The maximum absolute atomic E-state index is 13.2. The van der Waals surface area contributed by atoms with Crippen molar-refractivity contribution in [3.05, 3.63) is 41.2 Å². The van der Waals surface area contributed by atoms with Gasteiger partial charge in [-0.05, 0) is 45.7 Å². The summed E-state index contributed by atoms with van der Waals surface area (Å²) < 4.78 is 32.2. The molecule has 1 aromatic carbocycles. The summed E-state index contributed by atoms with van der Waals surface area (Å²) in [6, 6.07) is 4.76. The second-order valence-corrected chi connectivity index (χ2v) is 8.13. The molecular formula is C17H23N3O4S. The second-order valence-electron chi connectivity index (χ2n) is 6.30. The van der Waals surface area contributed by atoms with Gasteiger partial charge in [0.1, 0.15) is 6.26 Å². The minimum atomic E-state index is -3.82. The van der Waals surface area contributed by atoms with Crippen molar-refractivity contribution >= 4 is 21.7 Å². The van der Waals surface area contributed by atoms with Crippen LogP contribution in [0.25, 0.3) is 0 Å². The van der Waals surface area contributed by atoms with E-state index in [2.05, 4.69) is 15.0 Å².